The molecule has 0 aliphatic rings. The molecular weight excluding hydrogens is 817 g/mol. The highest BCUT2D eigenvalue weighted by Gasteiger charge is 2.48. The molecule has 8 aromatic rings. The van der Waals surface area contributed by atoms with Gasteiger partial charge in [-0.1, -0.05) is 158 Å². The van der Waals surface area contributed by atoms with E-state index in [-0.39, 0.29) is 0 Å². The van der Waals surface area contributed by atoms with Crippen LogP contribution in [0.15, 0.2) is 182 Å². The van der Waals surface area contributed by atoms with Crippen molar-refractivity contribution >= 4 is 33.4 Å². The monoisotopic (exact) mass is 866 g/mol. The second-order valence-electron chi connectivity index (χ2n) is 15.6. The third-order valence-corrected chi connectivity index (χ3v) is 12.1. The van der Waals surface area contributed by atoms with E-state index in [0.717, 1.165) is 21.5 Å². The summed E-state index contributed by atoms with van der Waals surface area (Å²) in [6.07, 6.45) is -0.704. The molecule has 2 atom stereocenters. The number of benzene rings is 8. The summed E-state index contributed by atoms with van der Waals surface area (Å²) in [5.74, 6) is 0.0361. The van der Waals surface area contributed by atoms with E-state index in [1.807, 2.05) is 84.9 Å². The van der Waals surface area contributed by atoms with Gasteiger partial charge in [-0.05, 0) is 56.9 Å². The number of nitrogens with one attached hydrogen (secondary N) is 2. The van der Waals surface area contributed by atoms with E-state index in [1.165, 1.54) is 28.4 Å². The molecule has 0 fully saturated rings. The van der Waals surface area contributed by atoms with Crippen LogP contribution in [0.3, 0.4) is 0 Å². The molecule has 0 heterocycles. The maximum atomic E-state index is 14.9. The first kappa shape index (κ1) is 44.0. The van der Waals surface area contributed by atoms with Crippen molar-refractivity contribution in [3.8, 4) is 23.0 Å². The summed E-state index contributed by atoms with van der Waals surface area (Å²) in [7, 11) is 6.06. The van der Waals surface area contributed by atoms with Crippen LogP contribution in [-0.4, -0.2) is 50.5 Å². The van der Waals surface area contributed by atoms with Crippen LogP contribution in [0.4, 0.5) is 0 Å². The summed E-state index contributed by atoms with van der Waals surface area (Å²) in [6.45, 7) is 0. The first-order chi connectivity index (χ1) is 31.7. The second-order valence-corrected chi connectivity index (χ2v) is 15.6. The molecule has 10 heteroatoms. The molecular formula is C55H50N2O8. The minimum absolute atomic E-state index is 0.351. The lowest BCUT2D eigenvalue weighted by atomic mass is 9.75. The molecule has 65 heavy (non-hydrogen) atoms. The van der Waals surface area contributed by atoms with Gasteiger partial charge < -0.3 is 39.8 Å². The van der Waals surface area contributed by atoms with E-state index in [0.29, 0.717) is 56.4 Å². The lowest BCUT2D eigenvalue weighted by Gasteiger charge is -2.40. The minimum atomic E-state index is -2.05. The Labute approximate surface area is 378 Å². The Balaban J connectivity index is 1.27. The van der Waals surface area contributed by atoms with Gasteiger partial charge in [0.2, 0.25) is 11.8 Å². The average Bonchev–Trinajstić information content (AvgIpc) is 3.36. The summed E-state index contributed by atoms with van der Waals surface area (Å²) in [6, 6.07) is 52.5. The van der Waals surface area contributed by atoms with Crippen LogP contribution in [0.5, 0.6) is 23.0 Å². The summed E-state index contributed by atoms with van der Waals surface area (Å²) in [5, 5.41) is 36.8. The predicted molar refractivity (Wildman–Crippen MR) is 252 cm³/mol. The Morgan fingerprint density at radius 3 is 1.02 bits per heavy atom. The molecule has 4 N–H and O–H groups in total. The van der Waals surface area contributed by atoms with Crippen molar-refractivity contribution in [2.75, 3.05) is 28.4 Å². The Morgan fingerprint density at radius 1 is 0.415 bits per heavy atom. The number of para-hydroxylation sites is 4. The van der Waals surface area contributed by atoms with E-state index in [1.54, 1.807) is 97.1 Å². The number of methoxy groups -OCH3 is 4. The zero-order valence-electron chi connectivity index (χ0n) is 36.5. The molecule has 0 unspecified atom stereocenters. The molecule has 328 valence electrons. The SMILES string of the molecule is COc1ccccc1C(O)(c1ccccc1OC)[C@@H](NC(=O)CC(=O)N[C@@H](c1cccc2ccccc12)C(O)(c1ccccc1OC)c1ccccc1OC)c1cccc2ccccc12. The minimum Gasteiger partial charge on any atom is -0.496 e. The number of amides is 2. The smallest absolute Gasteiger partial charge is 0.230 e. The molecule has 0 saturated heterocycles. The summed E-state index contributed by atoms with van der Waals surface area (Å²) >= 11 is 0. The van der Waals surface area contributed by atoms with Crippen molar-refractivity contribution in [3.05, 3.63) is 215 Å². The molecule has 2 amide bonds. The van der Waals surface area contributed by atoms with Gasteiger partial charge in [0.1, 0.15) is 40.6 Å². The van der Waals surface area contributed by atoms with Crippen LogP contribution >= 0.6 is 0 Å². The topological polar surface area (TPSA) is 136 Å². The molecule has 0 bridgehead atoms. The molecule has 0 aliphatic carbocycles. The van der Waals surface area contributed by atoms with Gasteiger partial charge in [-0.2, -0.15) is 0 Å². The van der Waals surface area contributed by atoms with Gasteiger partial charge in [0, 0.05) is 22.3 Å². The normalized spacial score (nSPS) is 12.5. The van der Waals surface area contributed by atoms with E-state index < -0.39 is 41.5 Å². The Bertz CT molecular complexity index is 2680. The molecule has 10 nitrogen and oxygen atoms in total. The molecule has 0 saturated carbocycles. The molecule has 8 rings (SSSR count). The maximum absolute atomic E-state index is 14.9. The van der Waals surface area contributed by atoms with Crippen LogP contribution in [0, 0.1) is 0 Å². The van der Waals surface area contributed by atoms with Crippen molar-refractivity contribution in [1.29, 1.82) is 0 Å². The highest BCUT2D eigenvalue weighted by atomic mass is 16.5. The van der Waals surface area contributed by atoms with Gasteiger partial charge in [0.15, 0.2) is 0 Å². The predicted octanol–water partition coefficient (Wildman–Crippen LogP) is 9.30. The fourth-order valence-corrected chi connectivity index (χ4v) is 9.14. The number of carbonyl (C=O) groups excluding carboxylic acids is 2. The van der Waals surface area contributed by atoms with Gasteiger partial charge in [0.25, 0.3) is 0 Å². The lowest BCUT2D eigenvalue weighted by molar-refractivity contribution is -0.132. The number of hydrogen-bond donors (Lipinski definition) is 4. The standard InChI is InChI=1S/C55H50N2O8/c1-62-46-31-13-9-27-42(46)54(60,43-28-10-14-32-47(43)63-2)52(40-25-17-21-36-19-5-7-23-38(36)40)56-50(58)35-51(59)57-53(41-26-18-22-37-20-6-8-24-39(37)41)55(61,44-29-11-15-33-48(44)64-3)45-30-12-16-34-49(45)65-4/h5-34,52-53,60-61H,35H2,1-4H3,(H,56,58)(H,57,59)/t52-,53-/m0/s1. The van der Waals surface area contributed by atoms with E-state index in [9.17, 15) is 19.8 Å². The van der Waals surface area contributed by atoms with Crippen LogP contribution in [0.25, 0.3) is 21.5 Å². The zero-order valence-corrected chi connectivity index (χ0v) is 36.5. The molecule has 0 spiro atoms. The van der Waals surface area contributed by atoms with Gasteiger partial charge in [-0.25, -0.2) is 0 Å². The van der Waals surface area contributed by atoms with Crippen LogP contribution in [-0.2, 0) is 20.8 Å². The summed E-state index contributed by atoms with van der Waals surface area (Å²) in [5.41, 5.74) is -1.54. The molecule has 8 aromatic carbocycles. The number of hydrogen-bond acceptors (Lipinski definition) is 8. The number of rotatable bonds is 16. The van der Waals surface area contributed by atoms with Gasteiger partial charge in [-0.3, -0.25) is 9.59 Å². The van der Waals surface area contributed by atoms with E-state index >= 15 is 0 Å². The highest BCUT2D eigenvalue weighted by molar-refractivity contribution is 5.98. The van der Waals surface area contributed by atoms with Gasteiger partial charge in [-0.15, -0.1) is 0 Å². The Morgan fingerprint density at radius 2 is 0.692 bits per heavy atom. The molecule has 0 radical (unpaired) electrons. The molecule has 0 aromatic heterocycles. The van der Waals surface area contributed by atoms with Crippen molar-refractivity contribution in [3.63, 3.8) is 0 Å². The highest BCUT2D eigenvalue weighted by Crippen LogP contribution is 2.50. The molecule has 0 aliphatic heterocycles. The number of fused-ring (bicyclic) bond motifs is 2. The quantitative estimate of drug-likeness (QED) is 0.0707. The van der Waals surface area contributed by atoms with Gasteiger partial charge >= 0.3 is 0 Å². The number of ether oxygens (including phenoxy) is 4. The average molecular weight is 867 g/mol. The maximum Gasteiger partial charge on any atom is 0.230 e. The number of aliphatic hydroxyl groups is 2. The van der Waals surface area contributed by atoms with E-state index in [2.05, 4.69) is 10.6 Å². The van der Waals surface area contributed by atoms with E-state index in [4.69, 9.17) is 18.9 Å². The Kier molecular flexibility index (Phi) is 12.8. The summed E-state index contributed by atoms with van der Waals surface area (Å²) < 4.78 is 23.5. The van der Waals surface area contributed by atoms with Crippen LogP contribution in [0.1, 0.15) is 51.9 Å². The second kappa shape index (κ2) is 19.0. The first-order valence-electron chi connectivity index (χ1n) is 21.2. The summed E-state index contributed by atoms with van der Waals surface area (Å²) in [4.78, 5) is 29.7. The third-order valence-electron chi connectivity index (χ3n) is 12.1. The third kappa shape index (κ3) is 8.21. The van der Waals surface area contributed by atoms with Crippen molar-refractivity contribution in [2.45, 2.75) is 29.7 Å². The van der Waals surface area contributed by atoms with Crippen LogP contribution in [0.2, 0.25) is 0 Å². The van der Waals surface area contributed by atoms with Crippen molar-refractivity contribution in [2.24, 2.45) is 0 Å². The van der Waals surface area contributed by atoms with Crippen LogP contribution < -0.4 is 29.6 Å². The van der Waals surface area contributed by atoms with Crippen molar-refractivity contribution in [1.82, 2.24) is 10.6 Å². The fraction of sp³-hybridized carbons (Fsp3) is 0.164. The van der Waals surface area contributed by atoms with Gasteiger partial charge in [0.05, 0.1) is 40.5 Å². The Hall–Kier alpha value is -7.66. The van der Waals surface area contributed by atoms with Crippen molar-refractivity contribution < 1.29 is 38.7 Å². The number of carbonyl (C=O) groups is 2. The fourth-order valence-electron chi connectivity index (χ4n) is 9.14. The largest absolute Gasteiger partial charge is 0.496 e. The zero-order chi connectivity index (χ0) is 45.6. The first-order valence-corrected chi connectivity index (χ1v) is 21.2. The lowest BCUT2D eigenvalue weighted by Crippen LogP contribution is -2.48.